The molecule has 0 amide bonds. The molecule has 0 spiro atoms. The number of aliphatic hydroxyl groups excluding tert-OH is 6. The fourth-order valence-corrected chi connectivity index (χ4v) is 0.817. The van der Waals surface area contributed by atoms with Gasteiger partial charge < -0.3 is 30.6 Å². The van der Waals surface area contributed by atoms with Crippen LogP contribution in [0.1, 0.15) is 0 Å². The molecule has 0 unspecified atom stereocenters. The van der Waals surface area contributed by atoms with E-state index in [1.807, 2.05) is 0 Å². The first-order chi connectivity index (χ1) is 7.65. The summed E-state index contributed by atoms with van der Waals surface area (Å²) < 4.78 is 0. The van der Waals surface area contributed by atoms with Crippen LogP contribution < -0.4 is 0 Å². The fraction of sp³-hybridized carbons (Fsp3) is 1.00. The highest BCUT2D eigenvalue weighted by molar-refractivity contribution is 5.75. The molecule has 0 bridgehead atoms. The molecule has 0 rings (SSSR count). The Morgan fingerprint density at radius 1 is 0.706 bits per heavy atom. The summed E-state index contributed by atoms with van der Waals surface area (Å²) >= 11 is 0. The first-order valence-corrected chi connectivity index (χ1v) is 5.10. The molecule has 8 heteroatoms. The van der Waals surface area contributed by atoms with Crippen LogP contribution in [0.4, 0.5) is 0 Å². The number of hydrogen-bond acceptors (Lipinski definition) is 7. The van der Waals surface area contributed by atoms with Crippen molar-refractivity contribution in [2.45, 2.75) is 6.10 Å². The average molecular weight is 252 g/mol. The van der Waals surface area contributed by atoms with E-state index in [0.29, 0.717) is 19.6 Å². The molecule has 0 aromatic heterocycles. The van der Waals surface area contributed by atoms with Crippen molar-refractivity contribution in [3.63, 3.8) is 0 Å². The molecule has 17 heavy (non-hydrogen) atoms. The third-order valence-corrected chi connectivity index (χ3v) is 1.67. The highest BCUT2D eigenvalue weighted by Crippen LogP contribution is 1.84. The molecular formula is C9H23BNO6. The monoisotopic (exact) mass is 252 g/mol. The molecule has 0 fully saturated rings. The van der Waals surface area contributed by atoms with E-state index in [1.54, 1.807) is 4.90 Å². The van der Waals surface area contributed by atoms with Crippen molar-refractivity contribution >= 4 is 8.41 Å². The molecule has 0 saturated carbocycles. The second-order valence-electron chi connectivity index (χ2n) is 3.03. The lowest BCUT2D eigenvalue weighted by atomic mass is 10.4. The Balaban J connectivity index is -0.000000244. The maximum Gasteiger partial charge on any atom is 0.100 e. The molecule has 0 aliphatic rings. The Morgan fingerprint density at radius 3 is 1.12 bits per heavy atom. The van der Waals surface area contributed by atoms with Gasteiger partial charge in [-0.05, 0) is 0 Å². The second kappa shape index (κ2) is 18.2. The van der Waals surface area contributed by atoms with E-state index < -0.39 is 6.10 Å². The summed E-state index contributed by atoms with van der Waals surface area (Å²) in [6.45, 7) is 1.02. The Kier molecular flexibility index (Phi) is 23.5. The average Bonchev–Trinajstić information content (AvgIpc) is 2.30. The normalized spacial score (nSPS) is 9.88. The van der Waals surface area contributed by atoms with E-state index in [1.165, 1.54) is 0 Å². The van der Waals surface area contributed by atoms with E-state index in [-0.39, 0.29) is 41.4 Å². The molecular weight excluding hydrogens is 229 g/mol. The Labute approximate surface area is 104 Å². The molecule has 6 N–H and O–H groups in total. The number of nitrogens with zero attached hydrogens (tertiary/aromatic N) is 1. The standard InChI is InChI=1S/C6H15NO3.C3H8O3.B/c8-4-1-7(2-5-9)3-6-10;4-1-3(6)2-5;/h8-10H,1-6H2;3-6H,1-2H2;. The SMILES string of the molecule is OCC(O)CO.OCCN(CCO)CCO.[B]. The smallest absolute Gasteiger partial charge is 0.100 e. The van der Waals surface area contributed by atoms with Crippen LogP contribution in [0.3, 0.4) is 0 Å². The third-order valence-electron chi connectivity index (χ3n) is 1.67. The number of hydrogen-bond donors (Lipinski definition) is 6. The summed E-state index contributed by atoms with van der Waals surface area (Å²) in [5.41, 5.74) is 0. The van der Waals surface area contributed by atoms with Gasteiger partial charge in [-0.1, -0.05) is 0 Å². The zero-order valence-corrected chi connectivity index (χ0v) is 9.94. The largest absolute Gasteiger partial charge is 0.395 e. The van der Waals surface area contributed by atoms with Gasteiger partial charge in [0.25, 0.3) is 0 Å². The van der Waals surface area contributed by atoms with Crippen LogP contribution in [0.25, 0.3) is 0 Å². The van der Waals surface area contributed by atoms with Gasteiger partial charge >= 0.3 is 0 Å². The number of rotatable bonds is 8. The zero-order valence-electron chi connectivity index (χ0n) is 9.94. The summed E-state index contributed by atoms with van der Waals surface area (Å²) in [4.78, 5) is 1.79. The molecule has 0 aromatic rings. The lowest BCUT2D eigenvalue weighted by Crippen LogP contribution is -2.32. The van der Waals surface area contributed by atoms with Crippen molar-refractivity contribution in [1.82, 2.24) is 4.90 Å². The van der Waals surface area contributed by atoms with Crippen LogP contribution in [-0.2, 0) is 0 Å². The van der Waals surface area contributed by atoms with Gasteiger partial charge in [0.2, 0.25) is 0 Å². The molecule has 0 aliphatic carbocycles. The summed E-state index contributed by atoms with van der Waals surface area (Å²) in [6, 6.07) is 0. The van der Waals surface area contributed by atoms with Gasteiger partial charge in [0, 0.05) is 28.0 Å². The van der Waals surface area contributed by atoms with Gasteiger partial charge in [-0.15, -0.1) is 0 Å². The predicted molar refractivity (Wildman–Crippen MR) is 63.6 cm³/mol. The first kappa shape index (κ1) is 22.0. The van der Waals surface area contributed by atoms with Gasteiger partial charge in [-0.3, -0.25) is 4.90 Å². The molecule has 7 nitrogen and oxygen atoms in total. The van der Waals surface area contributed by atoms with Crippen LogP contribution in [0.5, 0.6) is 0 Å². The maximum absolute atomic E-state index is 8.48. The van der Waals surface area contributed by atoms with Crippen LogP contribution in [0, 0.1) is 0 Å². The lowest BCUT2D eigenvalue weighted by Gasteiger charge is -2.17. The fourth-order valence-electron chi connectivity index (χ4n) is 0.817. The van der Waals surface area contributed by atoms with Gasteiger partial charge in [0.15, 0.2) is 0 Å². The lowest BCUT2D eigenvalue weighted by molar-refractivity contribution is 0.0450. The first-order valence-electron chi connectivity index (χ1n) is 5.10. The highest BCUT2D eigenvalue weighted by Gasteiger charge is 2.00. The molecule has 0 aliphatic heterocycles. The molecule has 0 heterocycles. The van der Waals surface area contributed by atoms with E-state index in [4.69, 9.17) is 30.6 Å². The quantitative estimate of drug-likeness (QED) is 0.245. The summed E-state index contributed by atoms with van der Waals surface area (Å²) in [7, 11) is 0. The topological polar surface area (TPSA) is 125 Å². The van der Waals surface area contributed by atoms with Crippen LogP contribution in [-0.4, -0.2) is 103 Å². The molecule has 3 radical (unpaired) electrons. The van der Waals surface area contributed by atoms with Crippen LogP contribution >= 0.6 is 0 Å². The molecule has 0 atom stereocenters. The Bertz CT molecular complexity index is 114. The van der Waals surface area contributed by atoms with Crippen molar-refractivity contribution in [3.05, 3.63) is 0 Å². The Hall–Kier alpha value is -0.215. The second-order valence-corrected chi connectivity index (χ2v) is 3.03. The van der Waals surface area contributed by atoms with E-state index in [2.05, 4.69) is 0 Å². The van der Waals surface area contributed by atoms with Crippen molar-refractivity contribution in [2.24, 2.45) is 0 Å². The molecule has 0 saturated heterocycles. The van der Waals surface area contributed by atoms with Crippen LogP contribution in [0.2, 0.25) is 0 Å². The van der Waals surface area contributed by atoms with Crippen molar-refractivity contribution in [2.75, 3.05) is 52.7 Å². The molecule has 103 valence electrons. The zero-order chi connectivity index (χ0) is 12.8. The van der Waals surface area contributed by atoms with E-state index >= 15 is 0 Å². The van der Waals surface area contributed by atoms with Gasteiger partial charge in [0.05, 0.1) is 33.0 Å². The summed E-state index contributed by atoms with van der Waals surface area (Å²) in [6.07, 6.45) is -0.954. The number of aliphatic hydroxyl groups is 6. The maximum atomic E-state index is 8.48. The van der Waals surface area contributed by atoms with E-state index in [9.17, 15) is 0 Å². The van der Waals surface area contributed by atoms with Gasteiger partial charge in [-0.2, -0.15) is 0 Å². The third kappa shape index (κ3) is 18.4. The summed E-state index contributed by atoms with van der Waals surface area (Å²) in [5, 5.41) is 49.5. The van der Waals surface area contributed by atoms with Crippen molar-refractivity contribution in [1.29, 1.82) is 0 Å². The highest BCUT2D eigenvalue weighted by atomic mass is 16.3. The predicted octanol–water partition coefficient (Wildman–Crippen LogP) is -3.78. The van der Waals surface area contributed by atoms with Gasteiger partial charge in [-0.25, -0.2) is 0 Å². The van der Waals surface area contributed by atoms with Crippen molar-refractivity contribution in [3.8, 4) is 0 Å². The molecule has 0 aromatic carbocycles. The van der Waals surface area contributed by atoms with Crippen molar-refractivity contribution < 1.29 is 30.6 Å². The van der Waals surface area contributed by atoms with Crippen LogP contribution in [0.15, 0.2) is 0 Å². The van der Waals surface area contributed by atoms with Gasteiger partial charge in [0.1, 0.15) is 6.10 Å². The Morgan fingerprint density at radius 2 is 1.00 bits per heavy atom. The minimum Gasteiger partial charge on any atom is -0.395 e. The minimum absolute atomic E-state index is 0. The minimum atomic E-state index is -0.954. The van der Waals surface area contributed by atoms with E-state index in [0.717, 1.165) is 0 Å². The summed E-state index contributed by atoms with van der Waals surface area (Å²) in [5.74, 6) is 0.